The molecule has 92 valence electrons. The minimum absolute atomic E-state index is 0.539. The van der Waals surface area contributed by atoms with Crippen molar-refractivity contribution in [3.63, 3.8) is 0 Å². The average molecular weight is 230 g/mol. The lowest BCUT2D eigenvalue weighted by atomic mass is 9.91. The highest BCUT2D eigenvalue weighted by atomic mass is 14.9. The lowest BCUT2D eigenvalue weighted by Gasteiger charge is -2.22. The van der Waals surface area contributed by atoms with Crippen LogP contribution in [0.5, 0.6) is 0 Å². The van der Waals surface area contributed by atoms with E-state index in [1.165, 1.54) is 31.4 Å². The number of hydrogen-bond donors (Lipinski definition) is 1. The largest absolute Gasteiger partial charge is 0.313 e. The van der Waals surface area contributed by atoms with E-state index in [1.54, 1.807) is 5.57 Å². The Morgan fingerprint density at radius 2 is 2.29 bits per heavy atom. The van der Waals surface area contributed by atoms with Crippen molar-refractivity contribution < 1.29 is 0 Å². The molecular weight excluding hydrogens is 208 g/mol. The molecule has 1 aromatic rings. The number of nitrogens with one attached hydrogen (secondary N) is 1. The van der Waals surface area contributed by atoms with Crippen LogP contribution in [0.3, 0.4) is 0 Å². The van der Waals surface area contributed by atoms with E-state index in [2.05, 4.69) is 35.6 Å². The maximum atomic E-state index is 4.38. The second-order valence-electron chi connectivity index (χ2n) is 4.73. The molecule has 1 aliphatic carbocycles. The number of aryl methyl sites for hydroxylation is 1. The van der Waals surface area contributed by atoms with E-state index in [1.807, 2.05) is 12.3 Å². The predicted octanol–water partition coefficient (Wildman–Crippen LogP) is 3.10. The molecule has 0 bridgehead atoms. The molecule has 0 spiro atoms. The molecule has 0 aliphatic heterocycles. The minimum Gasteiger partial charge on any atom is -0.313 e. The van der Waals surface area contributed by atoms with Gasteiger partial charge in [-0.25, -0.2) is 0 Å². The summed E-state index contributed by atoms with van der Waals surface area (Å²) in [6.07, 6.45) is 11.8. The van der Waals surface area contributed by atoms with E-state index in [0.29, 0.717) is 6.04 Å². The molecular formula is C15H22N2. The van der Waals surface area contributed by atoms with Crippen LogP contribution in [0.2, 0.25) is 0 Å². The maximum Gasteiger partial charge on any atom is 0.0404 e. The van der Waals surface area contributed by atoms with Gasteiger partial charge in [0.25, 0.3) is 0 Å². The van der Waals surface area contributed by atoms with Gasteiger partial charge in [-0.15, -0.1) is 0 Å². The summed E-state index contributed by atoms with van der Waals surface area (Å²) >= 11 is 0. The summed E-state index contributed by atoms with van der Waals surface area (Å²) in [6.45, 7) is 0. The van der Waals surface area contributed by atoms with Crippen LogP contribution < -0.4 is 5.32 Å². The quantitative estimate of drug-likeness (QED) is 0.786. The average Bonchev–Trinajstić information content (AvgIpc) is 2.42. The monoisotopic (exact) mass is 230 g/mol. The third-order valence-electron chi connectivity index (χ3n) is 3.54. The van der Waals surface area contributed by atoms with E-state index in [-0.39, 0.29) is 0 Å². The Kier molecular flexibility index (Phi) is 4.75. The van der Waals surface area contributed by atoms with Gasteiger partial charge in [0.15, 0.2) is 0 Å². The summed E-state index contributed by atoms with van der Waals surface area (Å²) in [4.78, 5) is 4.38. The van der Waals surface area contributed by atoms with Gasteiger partial charge < -0.3 is 5.32 Å². The molecule has 1 N–H and O–H groups in total. The smallest absolute Gasteiger partial charge is 0.0404 e. The molecule has 0 amide bonds. The molecule has 1 aromatic heterocycles. The predicted molar refractivity (Wildman–Crippen MR) is 72.0 cm³/mol. The molecule has 2 nitrogen and oxygen atoms in total. The summed E-state index contributed by atoms with van der Waals surface area (Å²) in [5.74, 6) is 0. The van der Waals surface area contributed by atoms with Gasteiger partial charge in [0.2, 0.25) is 0 Å². The van der Waals surface area contributed by atoms with Crippen LogP contribution >= 0.6 is 0 Å². The van der Waals surface area contributed by atoms with Crippen LogP contribution in [0.4, 0.5) is 0 Å². The Morgan fingerprint density at radius 1 is 1.35 bits per heavy atom. The number of allylic oxidation sites excluding steroid dienone is 1. The Bertz CT molecular complexity index is 356. The van der Waals surface area contributed by atoms with Gasteiger partial charge in [-0.1, -0.05) is 17.7 Å². The number of likely N-dealkylation sites (N-methyl/N-ethyl adjacent to an activating group) is 1. The van der Waals surface area contributed by atoms with Crippen molar-refractivity contribution in [3.05, 3.63) is 41.7 Å². The lowest BCUT2D eigenvalue weighted by Crippen LogP contribution is -2.28. The molecule has 1 atom stereocenters. The van der Waals surface area contributed by atoms with Gasteiger partial charge in [-0.2, -0.15) is 0 Å². The van der Waals surface area contributed by atoms with Gasteiger partial charge in [0.1, 0.15) is 0 Å². The zero-order chi connectivity index (χ0) is 11.9. The Morgan fingerprint density at radius 3 is 2.94 bits per heavy atom. The van der Waals surface area contributed by atoms with Crippen molar-refractivity contribution in [1.82, 2.24) is 10.3 Å². The Hall–Kier alpha value is -1.15. The number of pyridine rings is 1. The van der Waals surface area contributed by atoms with Crippen molar-refractivity contribution in [2.45, 2.75) is 44.6 Å². The minimum atomic E-state index is 0.539. The van der Waals surface area contributed by atoms with Crippen molar-refractivity contribution in [2.75, 3.05) is 7.05 Å². The molecule has 1 unspecified atom stereocenters. The second kappa shape index (κ2) is 6.55. The molecule has 0 saturated heterocycles. The molecule has 0 saturated carbocycles. The highest BCUT2D eigenvalue weighted by molar-refractivity contribution is 5.14. The number of nitrogens with zero attached hydrogens (tertiary/aromatic N) is 1. The molecule has 2 rings (SSSR count). The first kappa shape index (κ1) is 12.3. The van der Waals surface area contributed by atoms with Gasteiger partial charge in [-0.3, -0.25) is 4.98 Å². The van der Waals surface area contributed by atoms with Gasteiger partial charge >= 0.3 is 0 Å². The molecule has 1 heterocycles. The zero-order valence-corrected chi connectivity index (χ0v) is 10.7. The van der Waals surface area contributed by atoms with Crippen molar-refractivity contribution in [3.8, 4) is 0 Å². The van der Waals surface area contributed by atoms with Crippen LogP contribution in [0.15, 0.2) is 36.0 Å². The molecule has 2 heteroatoms. The van der Waals surface area contributed by atoms with Gasteiger partial charge in [0, 0.05) is 17.9 Å². The standard InChI is InChI=1S/C15H22N2/c1-16-15(13-7-3-2-4-8-13)11-10-14-9-5-6-12-17-14/h5-7,9,12,15-16H,2-4,8,10-11H2,1H3. The van der Waals surface area contributed by atoms with Crippen molar-refractivity contribution in [1.29, 1.82) is 0 Å². The van der Waals surface area contributed by atoms with Crippen molar-refractivity contribution in [2.24, 2.45) is 0 Å². The summed E-state index contributed by atoms with van der Waals surface area (Å²) in [7, 11) is 2.07. The topological polar surface area (TPSA) is 24.9 Å². The summed E-state index contributed by atoms with van der Waals surface area (Å²) in [5.41, 5.74) is 2.80. The first-order valence-electron chi connectivity index (χ1n) is 6.66. The maximum absolute atomic E-state index is 4.38. The first-order chi connectivity index (χ1) is 8.40. The second-order valence-corrected chi connectivity index (χ2v) is 4.73. The third-order valence-corrected chi connectivity index (χ3v) is 3.54. The number of hydrogen-bond acceptors (Lipinski definition) is 2. The third kappa shape index (κ3) is 3.67. The lowest BCUT2D eigenvalue weighted by molar-refractivity contribution is 0.538. The van der Waals surface area contributed by atoms with E-state index >= 15 is 0 Å². The van der Waals surface area contributed by atoms with E-state index in [9.17, 15) is 0 Å². The normalized spacial score (nSPS) is 17.6. The Labute approximate surface area is 104 Å². The fourth-order valence-corrected chi connectivity index (χ4v) is 2.53. The highest BCUT2D eigenvalue weighted by Crippen LogP contribution is 2.22. The van der Waals surface area contributed by atoms with E-state index in [0.717, 1.165) is 12.8 Å². The fraction of sp³-hybridized carbons (Fsp3) is 0.533. The highest BCUT2D eigenvalue weighted by Gasteiger charge is 2.14. The molecule has 0 fully saturated rings. The van der Waals surface area contributed by atoms with Crippen LogP contribution in [0.25, 0.3) is 0 Å². The Balaban J connectivity index is 1.89. The van der Waals surface area contributed by atoms with Gasteiger partial charge in [-0.05, 0) is 57.7 Å². The first-order valence-corrected chi connectivity index (χ1v) is 6.66. The van der Waals surface area contributed by atoms with Gasteiger partial charge in [0.05, 0.1) is 0 Å². The molecule has 0 aromatic carbocycles. The van der Waals surface area contributed by atoms with E-state index in [4.69, 9.17) is 0 Å². The number of aromatic nitrogens is 1. The zero-order valence-electron chi connectivity index (χ0n) is 10.7. The van der Waals surface area contributed by atoms with Crippen molar-refractivity contribution >= 4 is 0 Å². The molecule has 0 radical (unpaired) electrons. The number of rotatable bonds is 5. The van der Waals surface area contributed by atoms with Crippen LogP contribution in [0, 0.1) is 0 Å². The fourth-order valence-electron chi connectivity index (χ4n) is 2.53. The summed E-state index contributed by atoms with van der Waals surface area (Å²) in [5, 5.41) is 3.45. The van der Waals surface area contributed by atoms with Crippen LogP contribution in [-0.2, 0) is 6.42 Å². The van der Waals surface area contributed by atoms with Crippen LogP contribution in [0.1, 0.15) is 37.8 Å². The molecule has 1 aliphatic rings. The summed E-state index contributed by atoms with van der Waals surface area (Å²) < 4.78 is 0. The summed E-state index contributed by atoms with van der Waals surface area (Å²) in [6, 6.07) is 6.69. The van der Waals surface area contributed by atoms with E-state index < -0.39 is 0 Å². The van der Waals surface area contributed by atoms with Crippen LogP contribution in [-0.4, -0.2) is 18.1 Å². The molecule has 17 heavy (non-hydrogen) atoms. The SMILES string of the molecule is CNC(CCc1ccccn1)C1=CCCCC1.